The summed E-state index contributed by atoms with van der Waals surface area (Å²) >= 11 is 0. The number of benzene rings is 1. The number of aromatic nitrogens is 2. The average molecular weight is 255 g/mol. The Kier molecular flexibility index (Phi) is 2.85. The van der Waals surface area contributed by atoms with Gasteiger partial charge in [-0.2, -0.15) is 0 Å². The van der Waals surface area contributed by atoms with Crippen LogP contribution >= 0.6 is 0 Å². The van der Waals surface area contributed by atoms with Gasteiger partial charge in [-0.3, -0.25) is 9.69 Å². The van der Waals surface area contributed by atoms with Crippen LogP contribution in [0.5, 0.6) is 0 Å². The van der Waals surface area contributed by atoms with Gasteiger partial charge in [-0.25, -0.2) is 9.97 Å². The van der Waals surface area contributed by atoms with Gasteiger partial charge in [0.05, 0.1) is 17.1 Å². The Balaban J connectivity index is 2.07. The first-order valence-electron chi connectivity index (χ1n) is 5.96. The van der Waals surface area contributed by atoms with Crippen molar-refractivity contribution in [3.05, 3.63) is 42.2 Å². The number of carbonyl (C=O) groups is 1. The van der Waals surface area contributed by atoms with E-state index in [1.807, 2.05) is 24.3 Å². The van der Waals surface area contributed by atoms with E-state index < -0.39 is 0 Å². The molecule has 3 N–H and O–H groups in total. The predicted molar refractivity (Wildman–Crippen MR) is 72.0 cm³/mol. The van der Waals surface area contributed by atoms with Gasteiger partial charge in [-0.05, 0) is 18.2 Å². The van der Waals surface area contributed by atoms with Gasteiger partial charge < -0.3 is 11.1 Å². The van der Waals surface area contributed by atoms with Crippen molar-refractivity contribution in [1.82, 2.24) is 9.97 Å². The molecule has 0 aliphatic carbocycles. The number of rotatable bonds is 2. The second kappa shape index (κ2) is 4.66. The summed E-state index contributed by atoms with van der Waals surface area (Å²) in [5, 5.41) is 2.83. The minimum atomic E-state index is -0.0829. The molecular weight excluding hydrogens is 242 g/mol. The topological polar surface area (TPSA) is 84.1 Å². The highest BCUT2D eigenvalue weighted by atomic mass is 16.2. The first-order chi connectivity index (χ1) is 9.28. The number of anilines is 3. The number of amides is 1. The Bertz CT molecular complexity index is 628. The fraction of sp³-hybridized carbons (Fsp3) is 0.154. The second-order valence-electron chi connectivity index (χ2n) is 4.20. The van der Waals surface area contributed by atoms with Crippen LogP contribution in [0.15, 0.2) is 36.5 Å². The molecule has 0 fully saturated rings. The van der Waals surface area contributed by atoms with E-state index in [1.54, 1.807) is 17.2 Å². The summed E-state index contributed by atoms with van der Waals surface area (Å²) in [5.74, 6) is 0.408. The largest absolute Gasteiger partial charge is 0.325 e. The predicted octanol–water partition coefficient (Wildman–Crippen LogP) is 1.03. The SMILES string of the molecule is NCc1ccnc(N2CC(=O)Nc3ccccc32)n1. The van der Waals surface area contributed by atoms with E-state index in [4.69, 9.17) is 5.73 Å². The maximum atomic E-state index is 11.7. The molecule has 3 rings (SSSR count). The summed E-state index contributed by atoms with van der Waals surface area (Å²) in [7, 11) is 0. The van der Waals surface area contributed by atoms with Crippen molar-refractivity contribution in [2.45, 2.75) is 6.54 Å². The molecule has 0 unspecified atom stereocenters. The van der Waals surface area contributed by atoms with Crippen LogP contribution in [-0.4, -0.2) is 22.4 Å². The van der Waals surface area contributed by atoms with E-state index in [0.29, 0.717) is 12.5 Å². The zero-order valence-electron chi connectivity index (χ0n) is 10.2. The fourth-order valence-electron chi connectivity index (χ4n) is 2.04. The lowest BCUT2D eigenvalue weighted by Gasteiger charge is -2.29. The highest BCUT2D eigenvalue weighted by Gasteiger charge is 2.24. The molecule has 0 bridgehead atoms. The van der Waals surface area contributed by atoms with E-state index in [-0.39, 0.29) is 12.5 Å². The van der Waals surface area contributed by atoms with Crippen LogP contribution in [-0.2, 0) is 11.3 Å². The first-order valence-corrected chi connectivity index (χ1v) is 5.96. The monoisotopic (exact) mass is 255 g/mol. The van der Waals surface area contributed by atoms with E-state index >= 15 is 0 Å². The molecule has 1 aliphatic rings. The summed E-state index contributed by atoms with van der Waals surface area (Å²) in [6.07, 6.45) is 1.65. The second-order valence-corrected chi connectivity index (χ2v) is 4.20. The molecule has 2 aromatic rings. The summed E-state index contributed by atoms with van der Waals surface area (Å²) in [6, 6.07) is 9.33. The summed E-state index contributed by atoms with van der Waals surface area (Å²) in [5.41, 5.74) is 7.98. The van der Waals surface area contributed by atoms with E-state index in [1.165, 1.54) is 0 Å². The maximum Gasteiger partial charge on any atom is 0.244 e. The smallest absolute Gasteiger partial charge is 0.244 e. The summed E-state index contributed by atoms with van der Waals surface area (Å²) in [6.45, 7) is 0.544. The van der Waals surface area contributed by atoms with Crippen LogP contribution in [0.4, 0.5) is 17.3 Å². The molecule has 1 aromatic carbocycles. The normalized spacial score (nSPS) is 13.9. The van der Waals surface area contributed by atoms with Crippen molar-refractivity contribution in [1.29, 1.82) is 0 Å². The number of nitrogens with zero attached hydrogens (tertiary/aromatic N) is 3. The molecule has 0 saturated carbocycles. The van der Waals surface area contributed by atoms with Gasteiger partial charge in [0.1, 0.15) is 6.54 Å². The lowest BCUT2D eigenvalue weighted by atomic mass is 10.2. The average Bonchev–Trinajstić information content (AvgIpc) is 2.46. The zero-order chi connectivity index (χ0) is 13.2. The van der Waals surface area contributed by atoms with Crippen molar-refractivity contribution in [3.63, 3.8) is 0 Å². The van der Waals surface area contributed by atoms with Gasteiger partial charge in [-0.1, -0.05) is 12.1 Å². The highest BCUT2D eigenvalue weighted by Crippen LogP contribution is 2.32. The molecule has 96 valence electrons. The standard InChI is InChI=1S/C13H13N5O/c14-7-9-5-6-15-13(16-9)18-8-12(19)17-10-3-1-2-4-11(10)18/h1-6H,7-8,14H2,(H,17,19). The van der Waals surface area contributed by atoms with Crippen molar-refractivity contribution >= 4 is 23.2 Å². The van der Waals surface area contributed by atoms with Crippen LogP contribution in [0, 0.1) is 0 Å². The molecule has 0 radical (unpaired) electrons. The lowest BCUT2D eigenvalue weighted by molar-refractivity contribution is -0.115. The van der Waals surface area contributed by atoms with Gasteiger partial charge >= 0.3 is 0 Å². The van der Waals surface area contributed by atoms with Gasteiger partial charge in [-0.15, -0.1) is 0 Å². The zero-order valence-corrected chi connectivity index (χ0v) is 10.2. The highest BCUT2D eigenvalue weighted by molar-refractivity contribution is 6.02. The molecule has 0 saturated heterocycles. The molecule has 0 atom stereocenters. The Morgan fingerprint density at radius 2 is 2.16 bits per heavy atom. The van der Waals surface area contributed by atoms with E-state index in [2.05, 4.69) is 15.3 Å². The molecule has 6 nitrogen and oxygen atoms in total. The van der Waals surface area contributed by atoms with Crippen molar-refractivity contribution in [2.24, 2.45) is 5.73 Å². The molecular formula is C13H13N5O. The quantitative estimate of drug-likeness (QED) is 0.837. The Hall–Kier alpha value is -2.47. The van der Waals surface area contributed by atoms with Crippen LogP contribution in [0.2, 0.25) is 0 Å². The first kappa shape index (κ1) is 11.6. The minimum Gasteiger partial charge on any atom is -0.325 e. The van der Waals surface area contributed by atoms with Gasteiger partial charge in [0.25, 0.3) is 0 Å². The number of carbonyl (C=O) groups excluding carboxylic acids is 1. The number of hydrogen-bond donors (Lipinski definition) is 2. The Morgan fingerprint density at radius 3 is 3.00 bits per heavy atom. The van der Waals surface area contributed by atoms with Crippen molar-refractivity contribution < 1.29 is 4.79 Å². The fourth-order valence-corrected chi connectivity index (χ4v) is 2.04. The molecule has 2 heterocycles. The molecule has 1 amide bonds. The molecule has 6 heteroatoms. The molecule has 1 aliphatic heterocycles. The number of nitrogens with one attached hydrogen (secondary N) is 1. The summed E-state index contributed by atoms with van der Waals surface area (Å²) in [4.78, 5) is 22.1. The van der Waals surface area contributed by atoms with Crippen molar-refractivity contribution in [2.75, 3.05) is 16.8 Å². The summed E-state index contributed by atoms with van der Waals surface area (Å²) < 4.78 is 0. The van der Waals surface area contributed by atoms with Gasteiger partial charge in [0.15, 0.2) is 0 Å². The third-order valence-electron chi connectivity index (χ3n) is 2.92. The van der Waals surface area contributed by atoms with Crippen LogP contribution in [0.1, 0.15) is 5.69 Å². The van der Waals surface area contributed by atoms with Gasteiger partial charge in [0.2, 0.25) is 11.9 Å². The van der Waals surface area contributed by atoms with Crippen LogP contribution in [0.25, 0.3) is 0 Å². The molecule has 19 heavy (non-hydrogen) atoms. The molecule has 1 aromatic heterocycles. The van der Waals surface area contributed by atoms with E-state index in [0.717, 1.165) is 17.1 Å². The van der Waals surface area contributed by atoms with E-state index in [9.17, 15) is 4.79 Å². The number of nitrogens with two attached hydrogens (primary N) is 1. The number of para-hydroxylation sites is 2. The minimum absolute atomic E-state index is 0.0829. The third-order valence-corrected chi connectivity index (χ3v) is 2.92. The third kappa shape index (κ3) is 2.13. The Morgan fingerprint density at radius 1 is 1.32 bits per heavy atom. The van der Waals surface area contributed by atoms with Crippen molar-refractivity contribution in [3.8, 4) is 0 Å². The number of fused-ring (bicyclic) bond motifs is 1. The van der Waals surface area contributed by atoms with Crippen LogP contribution < -0.4 is 16.0 Å². The maximum absolute atomic E-state index is 11.7. The van der Waals surface area contributed by atoms with Gasteiger partial charge in [0, 0.05) is 12.7 Å². The Labute approximate surface area is 110 Å². The molecule has 0 spiro atoms. The van der Waals surface area contributed by atoms with Crippen LogP contribution in [0.3, 0.4) is 0 Å². The number of hydrogen-bond acceptors (Lipinski definition) is 5. The lowest BCUT2D eigenvalue weighted by Crippen LogP contribution is -2.36.